The zero-order valence-corrected chi connectivity index (χ0v) is 12.2. The smallest absolute Gasteiger partial charge is 0.307 e. The van der Waals surface area contributed by atoms with E-state index in [4.69, 9.17) is 0 Å². The summed E-state index contributed by atoms with van der Waals surface area (Å²) in [5.74, 6) is -0.0895. The van der Waals surface area contributed by atoms with Crippen LogP contribution in [0.25, 0.3) is 5.78 Å². The predicted molar refractivity (Wildman–Crippen MR) is 73.7 cm³/mol. The monoisotopic (exact) mass is 291 g/mol. The molecule has 0 radical (unpaired) electrons. The Balaban J connectivity index is 2.22. The molecular formula is C13H17N5O3. The summed E-state index contributed by atoms with van der Waals surface area (Å²) in [6.45, 7) is 4.43. The van der Waals surface area contributed by atoms with Crippen LogP contribution in [0.4, 0.5) is 0 Å². The van der Waals surface area contributed by atoms with Crippen LogP contribution in [0.1, 0.15) is 29.4 Å². The number of methoxy groups -OCH3 is 1. The molecule has 21 heavy (non-hydrogen) atoms. The predicted octanol–water partition coefficient (Wildman–Crippen LogP) is 0.458. The Morgan fingerprint density at radius 1 is 1.38 bits per heavy atom. The molecule has 0 aliphatic heterocycles. The van der Waals surface area contributed by atoms with Crippen LogP contribution in [0.2, 0.25) is 0 Å². The van der Waals surface area contributed by atoms with Gasteiger partial charge in [0.05, 0.1) is 24.8 Å². The van der Waals surface area contributed by atoms with E-state index in [1.165, 1.54) is 24.1 Å². The summed E-state index contributed by atoms with van der Waals surface area (Å²) < 4.78 is 6.11. The molecule has 0 aliphatic carbocycles. The van der Waals surface area contributed by atoms with Crippen molar-refractivity contribution in [2.45, 2.75) is 20.3 Å². The van der Waals surface area contributed by atoms with Crippen molar-refractivity contribution in [1.29, 1.82) is 0 Å². The van der Waals surface area contributed by atoms with Gasteiger partial charge in [-0.25, -0.2) is 9.50 Å². The van der Waals surface area contributed by atoms with Crippen LogP contribution in [-0.2, 0) is 9.53 Å². The number of fused-ring (bicyclic) bond motifs is 1. The fraction of sp³-hybridized carbons (Fsp3) is 0.462. The van der Waals surface area contributed by atoms with Crippen LogP contribution in [0.5, 0.6) is 0 Å². The Hall–Kier alpha value is -2.51. The van der Waals surface area contributed by atoms with Crippen molar-refractivity contribution >= 4 is 17.7 Å². The normalized spacial score (nSPS) is 10.6. The third-order valence-electron chi connectivity index (χ3n) is 3.26. The topological polar surface area (TPSA) is 89.7 Å². The van der Waals surface area contributed by atoms with E-state index in [-0.39, 0.29) is 18.3 Å². The third kappa shape index (κ3) is 2.99. The average molecular weight is 291 g/mol. The number of ether oxygens (including phenoxy) is 1. The molecule has 0 saturated heterocycles. The summed E-state index contributed by atoms with van der Waals surface area (Å²) in [6.07, 6.45) is 3.04. The Morgan fingerprint density at radius 2 is 2.14 bits per heavy atom. The van der Waals surface area contributed by atoms with E-state index in [2.05, 4.69) is 19.8 Å². The largest absolute Gasteiger partial charge is 0.469 e. The molecule has 0 bridgehead atoms. The summed E-state index contributed by atoms with van der Waals surface area (Å²) in [6, 6.07) is 0. The maximum Gasteiger partial charge on any atom is 0.307 e. The second-order valence-electron chi connectivity index (χ2n) is 4.44. The lowest BCUT2D eigenvalue weighted by Crippen LogP contribution is -2.34. The van der Waals surface area contributed by atoms with E-state index in [0.717, 1.165) is 0 Å². The number of esters is 1. The number of hydrogen-bond acceptors (Lipinski definition) is 6. The first-order valence-electron chi connectivity index (χ1n) is 6.60. The fourth-order valence-electron chi connectivity index (χ4n) is 2.00. The quantitative estimate of drug-likeness (QED) is 0.743. The van der Waals surface area contributed by atoms with Crippen LogP contribution in [0, 0.1) is 6.92 Å². The first kappa shape index (κ1) is 14.9. The second-order valence-corrected chi connectivity index (χ2v) is 4.44. The average Bonchev–Trinajstić information content (AvgIpc) is 2.97. The highest BCUT2D eigenvalue weighted by molar-refractivity contribution is 5.95. The molecule has 0 atom stereocenters. The zero-order valence-electron chi connectivity index (χ0n) is 12.2. The van der Waals surface area contributed by atoms with Gasteiger partial charge in [0.2, 0.25) is 0 Å². The van der Waals surface area contributed by atoms with Crippen LogP contribution in [-0.4, -0.2) is 56.6 Å². The molecule has 0 aromatic carbocycles. The molecule has 0 aliphatic rings. The number of carbonyl (C=O) groups is 2. The zero-order chi connectivity index (χ0) is 15.4. The highest BCUT2D eigenvalue weighted by Crippen LogP contribution is 2.11. The summed E-state index contributed by atoms with van der Waals surface area (Å²) in [5, 5.41) is 4.03. The van der Waals surface area contributed by atoms with Gasteiger partial charge in [-0.15, -0.1) is 0 Å². The molecule has 2 rings (SSSR count). The minimum absolute atomic E-state index is 0.161. The molecule has 0 N–H and O–H groups in total. The fourth-order valence-corrected chi connectivity index (χ4v) is 2.00. The van der Waals surface area contributed by atoms with Crippen molar-refractivity contribution < 1.29 is 14.3 Å². The lowest BCUT2D eigenvalue weighted by Gasteiger charge is -2.21. The molecule has 0 unspecified atom stereocenters. The van der Waals surface area contributed by atoms with Crippen molar-refractivity contribution in [1.82, 2.24) is 24.5 Å². The Morgan fingerprint density at radius 3 is 2.81 bits per heavy atom. The van der Waals surface area contributed by atoms with Crippen molar-refractivity contribution in [3.05, 3.63) is 23.8 Å². The van der Waals surface area contributed by atoms with E-state index >= 15 is 0 Å². The molecule has 1 amide bonds. The third-order valence-corrected chi connectivity index (χ3v) is 3.26. The minimum atomic E-state index is -0.345. The summed E-state index contributed by atoms with van der Waals surface area (Å²) in [7, 11) is 1.33. The molecule has 0 saturated carbocycles. The van der Waals surface area contributed by atoms with Crippen LogP contribution >= 0.6 is 0 Å². The highest BCUT2D eigenvalue weighted by Gasteiger charge is 2.19. The van der Waals surface area contributed by atoms with E-state index in [1.807, 2.05) is 6.92 Å². The van der Waals surface area contributed by atoms with Crippen LogP contribution in [0.3, 0.4) is 0 Å². The number of carbonyl (C=O) groups excluding carboxylic acids is 2. The van der Waals surface area contributed by atoms with Crippen molar-refractivity contribution in [2.24, 2.45) is 0 Å². The first-order valence-corrected chi connectivity index (χ1v) is 6.60. The Kier molecular flexibility index (Phi) is 4.46. The van der Waals surface area contributed by atoms with Crippen molar-refractivity contribution in [3.63, 3.8) is 0 Å². The van der Waals surface area contributed by atoms with Gasteiger partial charge in [0, 0.05) is 19.3 Å². The van der Waals surface area contributed by atoms with Gasteiger partial charge >= 0.3 is 5.97 Å². The molecule has 8 nitrogen and oxygen atoms in total. The molecule has 0 fully saturated rings. The molecular weight excluding hydrogens is 274 g/mol. The molecule has 2 aromatic rings. The second kappa shape index (κ2) is 6.29. The van der Waals surface area contributed by atoms with Gasteiger partial charge in [-0.3, -0.25) is 9.59 Å². The number of aromatic nitrogens is 4. The van der Waals surface area contributed by atoms with E-state index in [9.17, 15) is 9.59 Å². The molecule has 8 heteroatoms. The van der Waals surface area contributed by atoms with E-state index in [1.54, 1.807) is 11.8 Å². The van der Waals surface area contributed by atoms with E-state index < -0.39 is 0 Å². The first-order chi connectivity index (χ1) is 10.1. The maximum absolute atomic E-state index is 12.5. The van der Waals surface area contributed by atoms with Gasteiger partial charge in [0.15, 0.2) is 0 Å². The lowest BCUT2D eigenvalue weighted by molar-refractivity contribution is -0.140. The van der Waals surface area contributed by atoms with Gasteiger partial charge in [-0.2, -0.15) is 10.1 Å². The highest BCUT2D eigenvalue weighted by atomic mass is 16.5. The summed E-state index contributed by atoms with van der Waals surface area (Å²) >= 11 is 0. The molecule has 2 aromatic heterocycles. The summed E-state index contributed by atoms with van der Waals surface area (Å²) in [5.41, 5.74) is 1.11. The Bertz CT molecular complexity index is 667. The van der Waals surface area contributed by atoms with Gasteiger partial charge in [-0.1, -0.05) is 0 Å². The molecule has 2 heterocycles. The Labute approximate surface area is 121 Å². The van der Waals surface area contributed by atoms with Gasteiger partial charge < -0.3 is 9.64 Å². The van der Waals surface area contributed by atoms with Crippen molar-refractivity contribution in [2.75, 3.05) is 20.2 Å². The van der Waals surface area contributed by atoms with Crippen LogP contribution < -0.4 is 0 Å². The number of nitrogens with zero attached hydrogens (tertiary/aromatic N) is 5. The van der Waals surface area contributed by atoms with Gasteiger partial charge in [0.25, 0.3) is 11.7 Å². The maximum atomic E-state index is 12.5. The number of rotatable bonds is 5. The number of amides is 1. The number of aryl methyl sites for hydroxylation is 1. The van der Waals surface area contributed by atoms with Crippen LogP contribution in [0.15, 0.2) is 12.5 Å². The minimum Gasteiger partial charge on any atom is -0.469 e. The van der Waals surface area contributed by atoms with E-state index in [0.29, 0.717) is 30.1 Å². The standard InChI is InChI=1S/C13H17N5O3/c1-4-17(6-5-11(19)21-3)12(20)10-7-14-13-15-8-16-18(13)9(10)2/h7-8H,4-6H2,1-3H3. The number of hydrogen-bond donors (Lipinski definition) is 0. The SMILES string of the molecule is CCN(CCC(=O)OC)C(=O)c1cnc2ncnn2c1C. The summed E-state index contributed by atoms with van der Waals surface area (Å²) in [4.78, 5) is 33.4. The van der Waals surface area contributed by atoms with Crippen molar-refractivity contribution in [3.8, 4) is 0 Å². The molecule has 0 spiro atoms. The van der Waals surface area contributed by atoms with Gasteiger partial charge in [0.1, 0.15) is 6.33 Å². The lowest BCUT2D eigenvalue weighted by atomic mass is 10.2. The van der Waals surface area contributed by atoms with Gasteiger partial charge in [-0.05, 0) is 13.8 Å². The molecule has 112 valence electrons.